The molecule has 1 aromatic carbocycles. The van der Waals surface area contributed by atoms with Gasteiger partial charge in [-0.05, 0) is 49.2 Å². The van der Waals surface area contributed by atoms with Gasteiger partial charge in [-0.25, -0.2) is 0 Å². The molecule has 132 valence electrons. The number of pyridine rings is 1. The molecule has 2 fully saturated rings. The van der Waals surface area contributed by atoms with E-state index in [1.807, 2.05) is 31.3 Å². The average Bonchev–Trinajstić information content (AvgIpc) is 3.38. The van der Waals surface area contributed by atoms with E-state index < -0.39 is 0 Å². The fraction of sp³-hybridized carbons (Fsp3) is 0.500. The molecule has 4 rings (SSSR count). The first-order valence-electron chi connectivity index (χ1n) is 9.19. The number of rotatable bonds is 5. The first kappa shape index (κ1) is 16.3. The van der Waals surface area contributed by atoms with Crippen LogP contribution in [0.15, 0.2) is 35.1 Å². The van der Waals surface area contributed by atoms with Gasteiger partial charge in [0.15, 0.2) is 0 Å². The number of benzene rings is 1. The highest BCUT2D eigenvalue weighted by atomic mass is 16.2. The van der Waals surface area contributed by atoms with Crippen LogP contribution in [-0.4, -0.2) is 35.0 Å². The normalized spacial score (nSPS) is 20.9. The molecule has 1 amide bonds. The molecular formula is C20H25N3O2. The molecule has 1 aliphatic heterocycles. The number of hydrogen-bond donors (Lipinski definition) is 1. The molecule has 1 saturated carbocycles. The van der Waals surface area contributed by atoms with Gasteiger partial charge in [0.2, 0.25) is 5.91 Å². The van der Waals surface area contributed by atoms with Crippen LogP contribution < -0.4 is 10.9 Å². The van der Waals surface area contributed by atoms with Crippen LogP contribution in [0.1, 0.15) is 24.8 Å². The zero-order valence-electron chi connectivity index (χ0n) is 14.7. The fourth-order valence-corrected chi connectivity index (χ4v) is 3.80. The Kier molecular flexibility index (Phi) is 4.34. The predicted molar refractivity (Wildman–Crippen MR) is 98.3 cm³/mol. The zero-order chi connectivity index (χ0) is 17.4. The summed E-state index contributed by atoms with van der Waals surface area (Å²) >= 11 is 0. The number of para-hydroxylation sites is 1. The van der Waals surface area contributed by atoms with Crippen molar-refractivity contribution in [1.29, 1.82) is 0 Å². The number of aryl methyl sites for hydroxylation is 1. The number of likely N-dealkylation sites (tertiary alicyclic amines) is 1. The van der Waals surface area contributed by atoms with Gasteiger partial charge in [0.05, 0.1) is 5.52 Å². The van der Waals surface area contributed by atoms with Crippen LogP contribution in [0, 0.1) is 11.8 Å². The number of fused-ring (bicyclic) bond motifs is 1. The van der Waals surface area contributed by atoms with E-state index in [0.717, 1.165) is 55.4 Å². The Morgan fingerprint density at radius 1 is 1.24 bits per heavy atom. The molecule has 2 aliphatic rings. The van der Waals surface area contributed by atoms with Gasteiger partial charge in [-0.15, -0.1) is 0 Å². The van der Waals surface area contributed by atoms with Gasteiger partial charge in [0.1, 0.15) is 0 Å². The lowest BCUT2D eigenvalue weighted by Gasteiger charge is -2.17. The highest BCUT2D eigenvalue weighted by Crippen LogP contribution is 2.29. The highest BCUT2D eigenvalue weighted by molar-refractivity contribution is 5.81. The molecule has 1 aliphatic carbocycles. The maximum atomic E-state index is 12.6. The van der Waals surface area contributed by atoms with E-state index in [1.54, 1.807) is 4.57 Å². The topological polar surface area (TPSA) is 54.3 Å². The molecular weight excluding hydrogens is 314 g/mol. The summed E-state index contributed by atoms with van der Waals surface area (Å²) < 4.78 is 1.74. The van der Waals surface area contributed by atoms with Gasteiger partial charge in [-0.1, -0.05) is 18.2 Å². The van der Waals surface area contributed by atoms with Crippen molar-refractivity contribution in [3.05, 3.63) is 46.2 Å². The predicted octanol–water partition coefficient (Wildman–Crippen LogP) is 1.89. The van der Waals surface area contributed by atoms with E-state index in [4.69, 9.17) is 0 Å². The van der Waals surface area contributed by atoms with Gasteiger partial charge < -0.3 is 9.88 Å². The molecule has 5 heteroatoms. The Bertz CT molecular complexity index is 854. The van der Waals surface area contributed by atoms with Crippen molar-refractivity contribution < 1.29 is 4.79 Å². The molecule has 0 spiro atoms. The Labute approximate surface area is 147 Å². The fourth-order valence-electron chi connectivity index (χ4n) is 3.80. The zero-order valence-corrected chi connectivity index (χ0v) is 14.7. The maximum Gasteiger partial charge on any atom is 0.255 e. The quantitative estimate of drug-likeness (QED) is 0.905. The van der Waals surface area contributed by atoms with E-state index in [9.17, 15) is 9.59 Å². The highest BCUT2D eigenvalue weighted by Gasteiger charge is 2.30. The number of hydrogen-bond acceptors (Lipinski definition) is 3. The van der Waals surface area contributed by atoms with E-state index in [-0.39, 0.29) is 17.4 Å². The minimum absolute atomic E-state index is 0.0872. The van der Waals surface area contributed by atoms with Crippen molar-refractivity contribution in [2.45, 2.75) is 25.8 Å². The molecule has 0 radical (unpaired) electrons. The molecule has 1 atom stereocenters. The van der Waals surface area contributed by atoms with Crippen LogP contribution in [0.5, 0.6) is 0 Å². The van der Waals surface area contributed by atoms with Crippen LogP contribution in [0.3, 0.4) is 0 Å². The molecule has 0 bridgehead atoms. The summed E-state index contributed by atoms with van der Waals surface area (Å²) in [5.74, 6) is 0.993. The van der Waals surface area contributed by atoms with Crippen LogP contribution in [0.2, 0.25) is 0 Å². The first-order valence-corrected chi connectivity index (χ1v) is 9.19. The van der Waals surface area contributed by atoms with Crippen molar-refractivity contribution in [1.82, 2.24) is 14.8 Å². The van der Waals surface area contributed by atoms with Crippen molar-refractivity contribution >= 4 is 16.8 Å². The number of nitrogens with one attached hydrogen (secondary N) is 1. The molecule has 1 saturated heterocycles. The molecule has 25 heavy (non-hydrogen) atoms. The minimum Gasteiger partial charge on any atom is -0.356 e. The summed E-state index contributed by atoms with van der Waals surface area (Å²) in [5, 5.41) is 4.19. The Morgan fingerprint density at radius 2 is 2.04 bits per heavy atom. The van der Waals surface area contributed by atoms with E-state index in [0.29, 0.717) is 12.5 Å². The van der Waals surface area contributed by atoms with E-state index in [2.05, 4.69) is 16.3 Å². The monoisotopic (exact) mass is 339 g/mol. The standard InChI is InChI=1S/C20H25N3O2/c1-22-18-5-3-2-4-16(18)10-17(20(22)25)13-23-9-8-14(12-23)11-21-19(24)15-6-7-15/h2-5,10,14-15H,6-9,11-13H2,1H3,(H,21,24). The van der Waals surface area contributed by atoms with Crippen LogP contribution in [-0.2, 0) is 18.4 Å². The van der Waals surface area contributed by atoms with E-state index in [1.165, 1.54) is 0 Å². The summed E-state index contributed by atoms with van der Waals surface area (Å²) in [6.07, 6.45) is 3.18. The van der Waals surface area contributed by atoms with Crippen molar-refractivity contribution in [2.75, 3.05) is 19.6 Å². The third-order valence-electron chi connectivity index (χ3n) is 5.48. The summed E-state index contributed by atoms with van der Waals surface area (Å²) in [6, 6.07) is 10.0. The van der Waals surface area contributed by atoms with Crippen molar-refractivity contribution in [3.8, 4) is 0 Å². The third kappa shape index (κ3) is 3.47. The second kappa shape index (κ2) is 6.64. The summed E-state index contributed by atoms with van der Waals surface area (Å²) in [6.45, 7) is 3.38. The van der Waals surface area contributed by atoms with Gasteiger partial charge in [0, 0.05) is 38.2 Å². The lowest BCUT2D eigenvalue weighted by atomic mass is 10.1. The Balaban J connectivity index is 1.41. The van der Waals surface area contributed by atoms with Gasteiger partial charge >= 0.3 is 0 Å². The van der Waals surface area contributed by atoms with Crippen LogP contribution in [0.4, 0.5) is 0 Å². The lowest BCUT2D eigenvalue weighted by Crippen LogP contribution is -2.32. The molecule has 1 N–H and O–H groups in total. The summed E-state index contributed by atoms with van der Waals surface area (Å²) in [7, 11) is 1.84. The van der Waals surface area contributed by atoms with Crippen LogP contribution in [0.25, 0.3) is 10.9 Å². The minimum atomic E-state index is 0.0872. The lowest BCUT2D eigenvalue weighted by molar-refractivity contribution is -0.122. The number of carbonyl (C=O) groups excluding carboxylic acids is 1. The average molecular weight is 339 g/mol. The second-order valence-electron chi connectivity index (χ2n) is 7.50. The Hall–Kier alpha value is -2.14. The molecule has 1 aromatic heterocycles. The van der Waals surface area contributed by atoms with Crippen molar-refractivity contribution in [2.24, 2.45) is 18.9 Å². The Morgan fingerprint density at radius 3 is 2.84 bits per heavy atom. The van der Waals surface area contributed by atoms with Gasteiger partial charge in [0.25, 0.3) is 5.56 Å². The molecule has 2 aromatic rings. The molecule has 1 unspecified atom stereocenters. The largest absolute Gasteiger partial charge is 0.356 e. The smallest absolute Gasteiger partial charge is 0.255 e. The number of nitrogens with zero attached hydrogens (tertiary/aromatic N) is 2. The van der Waals surface area contributed by atoms with Gasteiger partial charge in [-0.3, -0.25) is 14.5 Å². The van der Waals surface area contributed by atoms with E-state index >= 15 is 0 Å². The summed E-state index contributed by atoms with van der Waals surface area (Å²) in [4.78, 5) is 26.7. The SMILES string of the molecule is Cn1c(=O)c(CN2CCC(CNC(=O)C3CC3)C2)cc2ccccc21. The number of amides is 1. The van der Waals surface area contributed by atoms with Crippen molar-refractivity contribution in [3.63, 3.8) is 0 Å². The maximum absolute atomic E-state index is 12.6. The third-order valence-corrected chi connectivity index (χ3v) is 5.48. The van der Waals surface area contributed by atoms with Crippen LogP contribution >= 0.6 is 0 Å². The molecule has 2 heterocycles. The second-order valence-corrected chi connectivity index (χ2v) is 7.50. The number of carbonyl (C=O) groups is 1. The summed E-state index contributed by atoms with van der Waals surface area (Å²) in [5.41, 5.74) is 1.91. The first-order chi connectivity index (χ1) is 12.1. The molecule has 5 nitrogen and oxygen atoms in total. The van der Waals surface area contributed by atoms with Gasteiger partial charge in [-0.2, -0.15) is 0 Å². The number of aromatic nitrogens is 1.